The van der Waals surface area contributed by atoms with Gasteiger partial charge in [0.25, 0.3) is 0 Å². The van der Waals surface area contributed by atoms with E-state index in [0.717, 1.165) is 32.0 Å². The molecule has 2 N–H and O–H groups in total. The van der Waals surface area contributed by atoms with Gasteiger partial charge in [-0.2, -0.15) is 18.3 Å². The minimum atomic E-state index is -4.55. The summed E-state index contributed by atoms with van der Waals surface area (Å²) in [4.78, 5) is 13.4. The summed E-state index contributed by atoms with van der Waals surface area (Å²) in [6.45, 7) is 2.48. The lowest BCUT2D eigenvalue weighted by atomic mass is 9.96. The molecule has 33 heavy (non-hydrogen) atoms. The zero-order valence-corrected chi connectivity index (χ0v) is 17.5. The predicted molar refractivity (Wildman–Crippen MR) is 114 cm³/mol. The highest BCUT2D eigenvalue weighted by molar-refractivity contribution is 5.97. The van der Waals surface area contributed by atoms with Crippen LogP contribution >= 0.6 is 0 Å². The quantitative estimate of drug-likeness (QED) is 0.511. The van der Waals surface area contributed by atoms with Crippen LogP contribution in [0.3, 0.4) is 0 Å². The van der Waals surface area contributed by atoms with Gasteiger partial charge in [-0.3, -0.25) is 4.79 Å². The number of aryl methyl sites for hydroxylation is 1. The van der Waals surface area contributed by atoms with Gasteiger partial charge in [0.1, 0.15) is 0 Å². The van der Waals surface area contributed by atoms with Gasteiger partial charge in [0.15, 0.2) is 11.6 Å². The summed E-state index contributed by atoms with van der Waals surface area (Å²) < 4.78 is 40.5. The Kier molecular flexibility index (Phi) is 4.76. The molecule has 0 spiro atoms. The van der Waals surface area contributed by atoms with Crippen molar-refractivity contribution in [2.24, 2.45) is 5.73 Å². The second-order valence-corrected chi connectivity index (χ2v) is 7.87. The lowest BCUT2D eigenvalue weighted by Gasteiger charge is -2.29. The summed E-state index contributed by atoms with van der Waals surface area (Å²) in [6.07, 6.45) is -2.92. The number of benzene rings is 2. The van der Waals surface area contributed by atoms with Crippen molar-refractivity contribution in [1.82, 2.24) is 25.0 Å². The maximum atomic E-state index is 13.1. The average molecular weight is 453 g/mol. The van der Waals surface area contributed by atoms with E-state index in [2.05, 4.69) is 20.4 Å². The Morgan fingerprint density at radius 1 is 1.06 bits per heavy atom. The van der Waals surface area contributed by atoms with Crippen molar-refractivity contribution in [3.05, 3.63) is 65.4 Å². The van der Waals surface area contributed by atoms with Crippen LogP contribution in [0.2, 0.25) is 0 Å². The zero-order chi connectivity index (χ0) is 23.3. The van der Waals surface area contributed by atoms with Crippen molar-refractivity contribution in [3.63, 3.8) is 0 Å². The van der Waals surface area contributed by atoms with Gasteiger partial charge in [0, 0.05) is 29.4 Å². The highest BCUT2D eigenvalue weighted by atomic mass is 19.4. The van der Waals surface area contributed by atoms with E-state index in [1.165, 1.54) is 0 Å². The minimum Gasteiger partial charge on any atom is -0.366 e. The van der Waals surface area contributed by atoms with Crippen LogP contribution in [0.25, 0.3) is 21.9 Å². The molecular formula is C22H18F3N7O. The molecule has 0 bridgehead atoms. The van der Waals surface area contributed by atoms with Crippen molar-refractivity contribution in [2.75, 3.05) is 11.4 Å². The average Bonchev–Trinajstić information content (AvgIpc) is 3.22. The molecule has 3 heterocycles. The first kappa shape index (κ1) is 20.9. The van der Waals surface area contributed by atoms with Gasteiger partial charge in [0.2, 0.25) is 11.7 Å². The number of alkyl halides is 3. The first-order valence-electron chi connectivity index (χ1n) is 10.1. The third kappa shape index (κ3) is 3.65. The Balaban J connectivity index is 1.51. The molecule has 0 unspecified atom stereocenters. The van der Waals surface area contributed by atoms with Gasteiger partial charge in [-0.15, -0.1) is 15.3 Å². The van der Waals surface area contributed by atoms with Crippen molar-refractivity contribution in [1.29, 1.82) is 0 Å². The van der Waals surface area contributed by atoms with Crippen LogP contribution in [-0.4, -0.2) is 37.4 Å². The molecule has 2 aromatic heterocycles. The molecule has 8 nitrogen and oxygen atoms in total. The number of aromatic nitrogens is 5. The maximum absolute atomic E-state index is 13.1. The highest BCUT2D eigenvalue weighted by Crippen LogP contribution is 2.33. The number of fused-ring (bicyclic) bond motifs is 2. The number of nitrogens with zero attached hydrogens (tertiary/aromatic N) is 6. The van der Waals surface area contributed by atoms with E-state index in [9.17, 15) is 18.0 Å². The van der Waals surface area contributed by atoms with E-state index >= 15 is 0 Å². The third-order valence-corrected chi connectivity index (χ3v) is 5.78. The summed E-state index contributed by atoms with van der Waals surface area (Å²) >= 11 is 0. The smallest absolute Gasteiger partial charge is 0.366 e. The number of primary amides is 1. The van der Waals surface area contributed by atoms with Crippen LogP contribution in [-0.2, 0) is 19.3 Å². The molecule has 168 valence electrons. The van der Waals surface area contributed by atoms with Crippen molar-refractivity contribution >= 4 is 22.5 Å². The molecule has 1 aliphatic rings. The number of rotatable bonds is 3. The number of amides is 1. The second-order valence-electron chi connectivity index (χ2n) is 7.87. The van der Waals surface area contributed by atoms with Crippen molar-refractivity contribution < 1.29 is 18.0 Å². The van der Waals surface area contributed by atoms with Gasteiger partial charge in [-0.25, -0.2) is 0 Å². The van der Waals surface area contributed by atoms with E-state index in [0.29, 0.717) is 17.9 Å². The fourth-order valence-corrected chi connectivity index (χ4v) is 4.11. The van der Waals surface area contributed by atoms with Crippen LogP contribution in [0.5, 0.6) is 0 Å². The molecule has 0 radical (unpaired) electrons. The number of hydrogen-bond donors (Lipinski definition) is 1. The molecule has 0 aliphatic carbocycles. The largest absolute Gasteiger partial charge is 0.451 e. The monoisotopic (exact) mass is 453 g/mol. The lowest BCUT2D eigenvalue weighted by Crippen LogP contribution is -2.36. The molecule has 2 aromatic carbocycles. The number of nitrogens with two attached hydrogens (primary N) is 1. The first-order valence-corrected chi connectivity index (χ1v) is 10.1. The number of hydrogen-bond acceptors (Lipinski definition) is 6. The summed E-state index contributed by atoms with van der Waals surface area (Å²) in [5, 5.41) is 17.0. The highest BCUT2D eigenvalue weighted by Gasteiger charge is 2.39. The number of halogens is 3. The lowest BCUT2D eigenvalue weighted by molar-refractivity contribution is -0.147. The van der Waals surface area contributed by atoms with Gasteiger partial charge >= 0.3 is 6.18 Å². The van der Waals surface area contributed by atoms with E-state index in [-0.39, 0.29) is 18.9 Å². The SMILES string of the molecule is Cc1ccc(C(N)=O)cc1-c1ccc2c(N3CCn4c(nnc4C(F)(F)F)C3)nncc2c1. The number of anilines is 1. The fraction of sp³-hybridized carbons (Fsp3) is 0.227. The Morgan fingerprint density at radius 2 is 1.88 bits per heavy atom. The van der Waals surface area contributed by atoms with E-state index in [1.807, 2.05) is 36.1 Å². The molecule has 1 amide bonds. The molecule has 5 rings (SSSR count). The Bertz CT molecular complexity index is 1400. The number of carbonyl (C=O) groups is 1. The fourth-order valence-electron chi connectivity index (χ4n) is 4.11. The normalized spacial score (nSPS) is 13.9. The molecule has 4 aromatic rings. The van der Waals surface area contributed by atoms with Crippen molar-refractivity contribution in [2.45, 2.75) is 26.2 Å². The van der Waals surface area contributed by atoms with E-state index in [4.69, 9.17) is 5.73 Å². The van der Waals surface area contributed by atoms with Gasteiger partial charge in [-0.05, 0) is 47.9 Å². The maximum Gasteiger partial charge on any atom is 0.451 e. The molecule has 0 fully saturated rings. The first-order chi connectivity index (χ1) is 15.7. The topological polar surface area (TPSA) is 103 Å². The summed E-state index contributed by atoms with van der Waals surface area (Å²) in [7, 11) is 0. The summed E-state index contributed by atoms with van der Waals surface area (Å²) in [5.41, 5.74) is 8.58. The molecule has 0 atom stereocenters. The Hall–Kier alpha value is -4.02. The molecule has 1 aliphatic heterocycles. The summed E-state index contributed by atoms with van der Waals surface area (Å²) in [6, 6.07) is 11.0. The van der Waals surface area contributed by atoms with Crippen LogP contribution < -0.4 is 10.6 Å². The van der Waals surface area contributed by atoms with Crippen LogP contribution in [0, 0.1) is 6.92 Å². The predicted octanol–water partition coefficient (Wildman–Crippen LogP) is 3.33. The summed E-state index contributed by atoms with van der Waals surface area (Å²) in [5.74, 6) is -0.705. The zero-order valence-electron chi connectivity index (χ0n) is 17.5. The molecular weight excluding hydrogens is 435 g/mol. The van der Waals surface area contributed by atoms with E-state index in [1.54, 1.807) is 18.3 Å². The van der Waals surface area contributed by atoms with Crippen LogP contribution in [0.15, 0.2) is 42.6 Å². The van der Waals surface area contributed by atoms with E-state index < -0.39 is 17.9 Å². The number of carbonyl (C=O) groups excluding carboxylic acids is 1. The molecule has 0 saturated heterocycles. The Morgan fingerprint density at radius 3 is 2.64 bits per heavy atom. The van der Waals surface area contributed by atoms with Crippen LogP contribution in [0.1, 0.15) is 27.6 Å². The van der Waals surface area contributed by atoms with Gasteiger partial charge < -0.3 is 15.2 Å². The minimum absolute atomic E-state index is 0.0897. The molecule has 11 heteroatoms. The molecule has 0 saturated carbocycles. The Labute approximate surface area is 185 Å². The standard InChI is InChI=1S/C22H18F3N7O/c1-12-2-3-14(19(26)33)9-17(12)13-4-5-16-15(8-13)10-27-29-20(16)31-6-7-32-18(11-31)28-30-21(32)22(23,24)25/h2-5,8-10H,6-7,11H2,1H3,(H2,26,33). The van der Waals surface area contributed by atoms with Crippen molar-refractivity contribution in [3.8, 4) is 11.1 Å². The van der Waals surface area contributed by atoms with Gasteiger partial charge in [0.05, 0.1) is 12.7 Å². The van der Waals surface area contributed by atoms with Gasteiger partial charge in [-0.1, -0.05) is 12.1 Å². The second kappa shape index (κ2) is 7.54. The van der Waals surface area contributed by atoms with Crippen LogP contribution in [0.4, 0.5) is 19.0 Å². The third-order valence-electron chi connectivity index (χ3n) is 5.78.